The second kappa shape index (κ2) is 6.37. The normalized spacial score (nSPS) is 12.3. The van der Waals surface area contributed by atoms with Crippen molar-refractivity contribution in [2.45, 2.75) is 4.83 Å². The molecule has 0 bridgehead atoms. The number of hydrogen-bond donors (Lipinski definition) is 0. The Bertz CT molecular complexity index is 601. The molecule has 0 amide bonds. The molecule has 2 aromatic rings. The van der Waals surface area contributed by atoms with Gasteiger partial charge >= 0.3 is 0 Å². The molecule has 0 aliphatic carbocycles. The second-order valence-corrected chi connectivity index (χ2v) is 6.61. The molecule has 19 heavy (non-hydrogen) atoms. The third-order valence-electron chi connectivity index (χ3n) is 2.70. The quantitative estimate of drug-likeness (QED) is 0.531. The fraction of sp³-hybridized carbons (Fsp3) is 0.143. The Morgan fingerprint density at radius 3 is 2.47 bits per heavy atom. The molecule has 1 atom stereocenters. The molecule has 2 aromatic carbocycles. The Kier molecular flexibility index (Phi) is 5.03. The van der Waals surface area contributed by atoms with Crippen molar-refractivity contribution in [3.63, 3.8) is 0 Å². The van der Waals surface area contributed by atoms with Crippen LogP contribution < -0.4 is 4.74 Å². The number of alkyl halides is 1. The summed E-state index contributed by atoms with van der Waals surface area (Å²) < 4.78 is 20.4. The van der Waals surface area contributed by atoms with Gasteiger partial charge in [-0.2, -0.15) is 0 Å². The van der Waals surface area contributed by atoms with Crippen LogP contribution in [-0.4, -0.2) is 7.11 Å². The number of rotatable bonds is 3. The highest BCUT2D eigenvalue weighted by Gasteiger charge is 2.17. The predicted molar refractivity (Wildman–Crippen MR) is 85.6 cm³/mol. The Hall–Kier alpha value is -0.390. The zero-order valence-electron chi connectivity index (χ0n) is 9.96. The molecular formula is C14H10Br3FO. The van der Waals surface area contributed by atoms with Crippen molar-refractivity contribution >= 4 is 47.8 Å². The molecular weight excluding hydrogens is 443 g/mol. The summed E-state index contributed by atoms with van der Waals surface area (Å²) in [6, 6.07) is 10.8. The fourth-order valence-corrected chi connectivity index (χ4v) is 3.02. The minimum atomic E-state index is -0.282. The van der Waals surface area contributed by atoms with Gasteiger partial charge in [-0.3, -0.25) is 0 Å². The van der Waals surface area contributed by atoms with Crippen molar-refractivity contribution in [2.24, 2.45) is 0 Å². The monoisotopic (exact) mass is 450 g/mol. The maximum Gasteiger partial charge on any atom is 0.137 e. The number of halogens is 4. The van der Waals surface area contributed by atoms with Gasteiger partial charge in [0.15, 0.2) is 0 Å². The highest BCUT2D eigenvalue weighted by Crippen LogP contribution is 2.38. The number of methoxy groups -OCH3 is 1. The van der Waals surface area contributed by atoms with Crippen LogP contribution in [0.5, 0.6) is 5.75 Å². The minimum Gasteiger partial charge on any atom is -0.496 e. The molecule has 0 aromatic heterocycles. The molecule has 0 heterocycles. The Morgan fingerprint density at radius 2 is 1.84 bits per heavy atom. The predicted octanol–water partition coefficient (Wildman–Crippen LogP) is 5.84. The first-order chi connectivity index (χ1) is 9.02. The van der Waals surface area contributed by atoms with Crippen molar-refractivity contribution in [3.8, 4) is 5.75 Å². The van der Waals surface area contributed by atoms with E-state index in [0.717, 1.165) is 21.3 Å². The Labute approximate surface area is 136 Å². The van der Waals surface area contributed by atoms with Gasteiger partial charge in [-0.1, -0.05) is 37.9 Å². The molecule has 0 N–H and O–H groups in total. The summed E-state index contributed by atoms with van der Waals surface area (Å²) in [5, 5.41) is 0. The number of benzene rings is 2. The largest absolute Gasteiger partial charge is 0.496 e. The summed E-state index contributed by atoms with van der Waals surface area (Å²) in [4.78, 5) is -0.137. The van der Waals surface area contributed by atoms with E-state index in [9.17, 15) is 4.39 Å². The third kappa shape index (κ3) is 3.38. The molecule has 0 saturated carbocycles. The summed E-state index contributed by atoms with van der Waals surface area (Å²) in [5.74, 6) is 0.476. The van der Waals surface area contributed by atoms with E-state index in [-0.39, 0.29) is 10.6 Å². The lowest BCUT2D eigenvalue weighted by Crippen LogP contribution is -1.98. The Morgan fingerprint density at radius 1 is 1.11 bits per heavy atom. The number of hydrogen-bond acceptors (Lipinski definition) is 1. The van der Waals surface area contributed by atoms with Gasteiger partial charge in [-0.15, -0.1) is 0 Å². The van der Waals surface area contributed by atoms with Crippen LogP contribution in [0.3, 0.4) is 0 Å². The van der Waals surface area contributed by atoms with Gasteiger partial charge in [0.05, 0.1) is 16.4 Å². The maximum absolute atomic E-state index is 13.6. The first-order valence-electron chi connectivity index (χ1n) is 5.45. The highest BCUT2D eigenvalue weighted by atomic mass is 79.9. The van der Waals surface area contributed by atoms with Crippen LogP contribution in [0.1, 0.15) is 16.0 Å². The molecule has 0 fully saturated rings. The van der Waals surface area contributed by atoms with E-state index in [1.54, 1.807) is 13.2 Å². The zero-order chi connectivity index (χ0) is 14.0. The van der Waals surface area contributed by atoms with Crippen LogP contribution in [0.25, 0.3) is 0 Å². The zero-order valence-corrected chi connectivity index (χ0v) is 14.7. The van der Waals surface area contributed by atoms with Crippen molar-refractivity contribution in [1.82, 2.24) is 0 Å². The van der Waals surface area contributed by atoms with Crippen LogP contribution in [0.2, 0.25) is 0 Å². The molecule has 5 heteroatoms. The summed E-state index contributed by atoms with van der Waals surface area (Å²) in [5.41, 5.74) is 1.77. The molecule has 100 valence electrons. The van der Waals surface area contributed by atoms with E-state index in [4.69, 9.17) is 4.74 Å². The van der Waals surface area contributed by atoms with Gasteiger partial charge in [-0.25, -0.2) is 4.39 Å². The molecule has 0 saturated heterocycles. The summed E-state index contributed by atoms with van der Waals surface area (Å²) in [6.45, 7) is 0. The van der Waals surface area contributed by atoms with E-state index >= 15 is 0 Å². The highest BCUT2D eigenvalue weighted by molar-refractivity contribution is 9.10. The molecule has 0 aliphatic heterocycles. The molecule has 0 aliphatic rings. The number of ether oxygens (including phenoxy) is 1. The lowest BCUT2D eigenvalue weighted by Gasteiger charge is -2.15. The molecule has 1 unspecified atom stereocenters. The van der Waals surface area contributed by atoms with E-state index < -0.39 is 0 Å². The first-order valence-corrected chi connectivity index (χ1v) is 7.95. The average Bonchev–Trinajstić information content (AvgIpc) is 2.41. The smallest absolute Gasteiger partial charge is 0.137 e. The first kappa shape index (κ1) is 15.0. The van der Waals surface area contributed by atoms with Crippen LogP contribution in [0.4, 0.5) is 4.39 Å². The lowest BCUT2D eigenvalue weighted by molar-refractivity contribution is 0.410. The van der Waals surface area contributed by atoms with E-state index in [1.807, 2.05) is 24.3 Å². The molecule has 0 spiro atoms. The average molecular weight is 453 g/mol. The molecule has 2 rings (SSSR count). The minimum absolute atomic E-state index is 0.137. The van der Waals surface area contributed by atoms with E-state index in [0.29, 0.717) is 4.47 Å². The van der Waals surface area contributed by atoms with Crippen LogP contribution in [-0.2, 0) is 0 Å². The van der Waals surface area contributed by atoms with E-state index in [2.05, 4.69) is 47.8 Å². The van der Waals surface area contributed by atoms with Crippen molar-refractivity contribution in [2.75, 3.05) is 7.11 Å². The van der Waals surface area contributed by atoms with Gasteiger partial charge in [0.1, 0.15) is 11.6 Å². The Balaban J connectivity index is 2.45. The molecule has 0 radical (unpaired) electrons. The summed E-state index contributed by atoms with van der Waals surface area (Å²) in [6.07, 6.45) is 0. The van der Waals surface area contributed by atoms with E-state index in [1.165, 1.54) is 6.07 Å². The topological polar surface area (TPSA) is 9.23 Å². The van der Waals surface area contributed by atoms with Crippen molar-refractivity contribution in [1.29, 1.82) is 0 Å². The van der Waals surface area contributed by atoms with Gasteiger partial charge in [-0.05, 0) is 51.8 Å². The SMILES string of the molecule is COc1ccc(Br)cc1C(Br)c1ccc(Br)c(F)c1. The van der Waals surface area contributed by atoms with Gasteiger partial charge in [0, 0.05) is 10.0 Å². The van der Waals surface area contributed by atoms with Gasteiger partial charge in [0.2, 0.25) is 0 Å². The standard InChI is InChI=1S/C14H10Br3FO/c1-19-13-5-3-9(15)7-10(13)14(17)8-2-4-11(16)12(18)6-8/h2-7,14H,1H3. The summed E-state index contributed by atoms with van der Waals surface area (Å²) in [7, 11) is 1.62. The van der Waals surface area contributed by atoms with Gasteiger partial charge in [0.25, 0.3) is 0 Å². The van der Waals surface area contributed by atoms with Crippen LogP contribution in [0.15, 0.2) is 45.3 Å². The molecule has 1 nitrogen and oxygen atoms in total. The second-order valence-electron chi connectivity index (χ2n) is 3.92. The van der Waals surface area contributed by atoms with Crippen LogP contribution in [0, 0.1) is 5.82 Å². The van der Waals surface area contributed by atoms with Crippen LogP contribution >= 0.6 is 47.8 Å². The fourth-order valence-electron chi connectivity index (χ4n) is 1.75. The van der Waals surface area contributed by atoms with Crippen molar-refractivity contribution in [3.05, 3.63) is 62.3 Å². The third-order valence-corrected chi connectivity index (χ3v) is 4.86. The lowest BCUT2D eigenvalue weighted by atomic mass is 10.0. The van der Waals surface area contributed by atoms with Crippen molar-refractivity contribution < 1.29 is 9.13 Å². The maximum atomic E-state index is 13.6. The van der Waals surface area contributed by atoms with Gasteiger partial charge < -0.3 is 4.74 Å². The summed E-state index contributed by atoms with van der Waals surface area (Å²) >= 11 is 10.2.